The van der Waals surface area contributed by atoms with Crippen LogP contribution < -0.4 is 0 Å². The number of esters is 1. The van der Waals surface area contributed by atoms with Crippen molar-refractivity contribution in [3.05, 3.63) is 59.7 Å². The van der Waals surface area contributed by atoms with E-state index in [9.17, 15) is 35.4 Å². The summed E-state index contributed by atoms with van der Waals surface area (Å²) in [4.78, 5) is 12.2. The highest BCUT2D eigenvalue weighted by atomic mass is 16.7. The molecule has 0 amide bonds. The van der Waals surface area contributed by atoms with Crippen molar-refractivity contribution in [2.45, 2.75) is 37.1 Å². The second-order valence-corrected chi connectivity index (χ2v) is 7.48. The molecular formula is C23H26O10. The van der Waals surface area contributed by atoms with Crippen molar-refractivity contribution in [3.63, 3.8) is 0 Å². The maximum atomic E-state index is 12.2. The van der Waals surface area contributed by atoms with E-state index in [1.807, 2.05) is 0 Å². The Morgan fingerprint density at radius 2 is 1.73 bits per heavy atom. The topological polar surface area (TPSA) is 166 Å². The van der Waals surface area contributed by atoms with E-state index in [1.165, 1.54) is 30.3 Å². The molecule has 2 aromatic rings. The molecule has 1 heterocycles. The fourth-order valence-electron chi connectivity index (χ4n) is 3.28. The molecule has 1 fully saturated rings. The van der Waals surface area contributed by atoms with Crippen LogP contribution in [0.3, 0.4) is 0 Å². The van der Waals surface area contributed by atoms with E-state index >= 15 is 0 Å². The number of rotatable bonds is 8. The third-order valence-electron chi connectivity index (χ3n) is 5.09. The Balaban J connectivity index is 1.55. The van der Waals surface area contributed by atoms with Crippen LogP contribution in [0.2, 0.25) is 0 Å². The highest BCUT2D eigenvalue weighted by Gasteiger charge is 2.46. The summed E-state index contributed by atoms with van der Waals surface area (Å²) in [5, 5.41) is 58.6. The van der Waals surface area contributed by atoms with Crippen LogP contribution in [0.4, 0.5) is 0 Å². The lowest BCUT2D eigenvalue weighted by Gasteiger charge is -2.41. The standard InChI is InChI=1S/C23H26O10/c24-12-18-22(33-19(28)8-4-13-1-5-15(25)6-2-13)20(29)21(30)23(32-18)31-10-9-14-3-7-16(26)17(27)11-14/h1-8,11,18,20-27,29-30H,9-10,12H2/t18-,20+,21+,22-,23-/m1/s1. The normalized spacial score (nSPS) is 25.2. The first-order valence-corrected chi connectivity index (χ1v) is 10.2. The summed E-state index contributed by atoms with van der Waals surface area (Å²) in [6.07, 6.45) is -4.05. The second kappa shape index (κ2) is 11.1. The molecule has 2 aromatic carbocycles. The molecule has 178 valence electrons. The van der Waals surface area contributed by atoms with E-state index < -0.39 is 43.3 Å². The fourth-order valence-corrected chi connectivity index (χ4v) is 3.28. The summed E-state index contributed by atoms with van der Waals surface area (Å²) in [6.45, 7) is -0.564. The lowest BCUT2D eigenvalue weighted by Crippen LogP contribution is -2.60. The SMILES string of the molecule is O=C(C=Cc1ccc(O)cc1)O[C@H]1[C@@H](O)[C@H](O)[C@H](OCCc2ccc(O)c(O)c2)O[C@@H]1CO. The maximum Gasteiger partial charge on any atom is 0.331 e. The van der Waals surface area contributed by atoms with Crippen molar-refractivity contribution in [1.29, 1.82) is 0 Å². The van der Waals surface area contributed by atoms with Gasteiger partial charge in [-0.1, -0.05) is 18.2 Å². The Morgan fingerprint density at radius 3 is 2.39 bits per heavy atom. The first-order chi connectivity index (χ1) is 15.8. The summed E-state index contributed by atoms with van der Waals surface area (Å²) in [5.74, 6) is -1.28. The Labute approximate surface area is 189 Å². The van der Waals surface area contributed by atoms with Gasteiger partial charge in [0.05, 0.1) is 13.2 Å². The molecule has 6 N–H and O–H groups in total. The number of phenolic OH excluding ortho intramolecular Hbond substituents is 3. The Bertz CT molecular complexity index is 956. The zero-order valence-corrected chi connectivity index (χ0v) is 17.5. The number of ether oxygens (including phenoxy) is 3. The summed E-state index contributed by atoms with van der Waals surface area (Å²) in [5.41, 5.74) is 1.28. The molecule has 3 rings (SSSR count). The van der Waals surface area contributed by atoms with Crippen molar-refractivity contribution >= 4 is 12.0 Å². The van der Waals surface area contributed by atoms with Gasteiger partial charge in [0.2, 0.25) is 0 Å². The van der Waals surface area contributed by atoms with Crippen LogP contribution >= 0.6 is 0 Å². The van der Waals surface area contributed by atoms with Crippen LogP contribution in [0.1, 0.15) is 11.1 Å². The van der Waals surface area contributed by atoms with Crippen molar-refractivity contribution in [2.24, 2.45) is 0 Å². The Hall–Kier alpha value is -3.15. The van der Waals surface area contributed by atoms with Gasteiger partial charge in [-0.2, -0.15) is 0 Å². The average molecular weight is 462 g/mol. The fraction of sp³-hybridized carbons (Fsp3) is 0.348. The Kier molecular flexibility index (Phi) is 8.26. The number of carbonyl (C=O) groups is 1. The molecule has 0 unspecified atom stereocenters. The predicted molar refractivity (Wildman–Crippen MR) is 114 cm³/mol. The molecule has 1 aliphatic heterocycles. The average Bonchev–Trinajstić information content (AvgIpc) is 2.80. The van der Waals surface area contributed by atoms with Gasteiger partial charge in [-0.3, -0.25) is 0 Å². The van der Waals surface area contributed by atoms with Gasteiger partial charge >= 0.3 is 5.97 Å². The number of aliphatic hydroxyl groups is 3. The van der Waals surface area contributed by atoms with Crippen LogP contribution in [-0.2, 0) is 25.4 Å². The highest BCUT2D eigenvalue weighted by Crippen LogP contribution is 2.27. The van der Waals surface area contributed by atoms with Gasteiger partial charge in [-0.15, -0.1) is 0 Å². The first-order valence-electron chi connectivity index (χ1n) is 10.2. The Morgan fingerprint density at radius 1 is 1.00 bits per heavy atom. The molecule has 0 radical (unpaired) electrons. The smallest absolute Gasteiger partial charge is 0.331 e. The third-order valence-corrected chi connectivity index (χ3v) is 5.09. The minimum Gasteiger partial charge on any atom is -0.508 e. The summed E-state index contributed by atoms with van der Waals surface area (Å²) in [7, 11) is 0. The lowest BCUT2D eigenvalue weighted by molar-refractivity contribution is -0.302. The molecule has 0 bridgehead atoms. The number of carbonyl (C=O) groups excluding carboxylic acids is 1. The van der Waals surface area contributed by atoms with Crippen molar-refractivity contribution < 1.29 is 49.6 Å². The van der Waals surface area contributed by atoms with E-state index in [0.29, 0.717) is 17.5 Å². The minimum absolute atomic E-state index is 0.0383. The summed E-state index contributed by atoms with van der Waals surface area (Å²) in [6, 6.07) is 10.3. The van der Waals surface area contributed by atoms with Gasteiger partial charge in [-0.25, -0.2) is 4.79 Å². The minimum atomic E-state index is -1.58. The molecule has 0 spiro atoms. The number of benzene rings is 2. The van der Waals surface area contributed by atoms with E-state index in [-0.39, 0.29) is 23.9 Å². The molecule has 5 atom stereocenters. The van der Waals surface area contributed by atoms with Crippen LogP contribution in [0.25, 0.3) is 6.08 Å². The molecule has 33 heavy (non-hydrogen) atoms. The van der Waals surface area contributed by atoms with Gasteiger partial charge in [0, 0.05) is 6.08 Å². The number of phenols is 3. The first kappa shape index (κ1) is 24.5. The maximum absolute atomic E-state index is 12.2. The predicted octanol–water partition coefficient (Wildman–Crippen LogP) is 0.427. The zero-order chi connectivity index (χ0) is 24.0. The number of aromatic hydroxyl groups is 3. The number of hydrogen-bond acceptors (Lipinski definition) is 10. The molecule has 10 heteroatoms. The van der Waals surface area contributed by atoms with E-state index in [1.54, 1.807) is 18.2 Å². The van der Waals surface area contributed by atoms with Gasteiger partial charge < -0.3 is 44.8 Å². The number of hydrogen-bond donors (Lipinski definition) is 6. The monoisotopic (exact) mass is 462 g/mol. The van der Waals surface area contributed by atoms with Crippen LogP contribution in [0.5, 0.6) is 17.2 Å². The van der Waals surface area contributed by atoms with Crippen molar-refractivity contribution in [1.82, 2.24) is 0 Å². The molecule has 1 aliphatic rings. The van der Waals surface area contributed by atoms with Crippen LogP contribution in [0, 0.1) is 0 Å². The molecule has 0 saturated carbocycles. The molecule has 10 nitrogen and oxygen atoms in total. The lowest BCUT2D eigenvalue weighted by atomic mass is 9.99. The zero-order valence-electron chi connectivity index (χ0n) is 17.5. The molecule has 1 saturated heterocycles. The summed E-state index contributed by atoms with van der Waals surface area (Å²) >= 11 is 0. The highest BCUT2D eigenvalue weighted by molar-refractivity contribution is 5.87. The number of aliphatic hydroxyl groups excluding tert-OH is 3. The van der Waals surface area contributed by atoms with Gasteiger partial charge in [0.25, 0.3) is 0 Å². The molecule has 0 aromatic heterocycles. The van der Waals surface area contributed by atoms with E-state index in [0.717, 1.165) is 6.08 Å². The van der Waals surface area contributed by atoms with Gasteiger partial charge in [-0.05, 0) is 47.9 Å². The second-order valence-electron chi connectivity index (χ2n) is 7.48. The third kappa shape index (κ3) is 6.44. The largest absolute Gasteiger partial charge is 0.508 e. The summed E-state index contributed by atoms with van der Waals surface area (Å²) < 4.78 is 16.2. The quantitative estimate of drug-likeness (QED) is 0.184. The van der Waals surface area contributed by atoms with E-state index in [4.69, 9.17) is 14.2 Å². The van der Waals surface area contributed by atoms with Crippen LogP contribution in [0.15, 0.2) is 48.5 Å². The molecule has 0 aliphatic carbocycles. The van der Waals surface area contributed by atoms with E-state index in [2.05, 4.69) is 0 Å². The van der Waals surface area contributed by atoms with Crippen molar-refractivity contribution in [2.75, 3.05) is 13.2 Å². The van der Waals surface area contributed by atoms with Gasteiger partial charge in [0.1, 0.15) is 24.1 Å². The molecular weight excluding hydrogens is 436 g/mol. The van der Waals surface area contributed by atoms with Crippen LogP contribution in [-0.4, -0.2) is 80.5 Å². The van der Waals surface area contributed by atoms with Crippen molar-refractivity contribution in [3.8, 4) is 17.2 Å². The van der Waals surface area contributed by atoms with Gasteiger partial charge in [0.15, 0.2) is 23.9 Å².